The fraction of sp³-hybridized carbons (Fsp3) is 0.643. The van der Waals surface area contributed by atoms with Gasteiger partial charge in [-0.2, -0.15) is 0 Å². The van der Waals surface area contributed by atoms with Crippen molar-refractivity contribution in [1.82, 2.24) is 9.88 Å². The van der Waals surface area contributed by atoms with E-state index in [1.807, 2.05) is 19.3 Å². The van der Waals surface area contributed by atoms with E-state index in [0.29, 0.717) is 12.6 Å². The lowest BCUT2D eigenvalue weighted by Gasteiger charge is -2.45. The van der Waals surface area contributed by atoms with Crippen molar-refractivity contribution in [2.75, 3.05) is 19.7 Å². The van der Waals surface area contributed by atoms with Gasteiger partial charge >= 0.3 is 0 Å². The van der Waals surface area contributed by atoms with E-state index >= 15 is 0 Å². The second-order valence-corrected chi connectivity index (χ2v) is 5.12. The van der Waals surface area contributed by atoms with Crippen LogP contribution < -0.4 is 4.74 Å². The number of ether oxygens (including phenoxy) is 1. The highest BCUT2D eigenvalue weighted by molar-refractivity contribution is 5.85. The van der Waals surface area contributed by atoms with Crippen LogP contribution in [-0.4, -0.2) is 29.6 Å². The first-order valence-electron chi connectivity index (χ1n) is 6.68. The summed E-state index contributed by atoms with van der Waals surface area (Å²) in [4.78, 5) is 6.91. The van der Waals surface area contributed by atoms with Crippen LogP contribution >= 0.6 is 24.8 Å². The first-order valence-corrected chi connectivity index (χ1v) is 6.68. The van der Waals surface area contributed by atoms with Gasteiger partial charge in [0, 0.05) is 12.2 Å². The van der Waals surface area contributed by atoms with Gasteiger partial charge in [0.25, 0.3) is 0 Å². The van der Waals surface area contributed by atoms with Crippen LogP contribution in [0, 0.1) is 5.92 Å². The molecule has 4 rings (SSSR count). The lowest BCUT2D eigenvalue weighted by Crippen LogP contribution is -2.43. The van der Waals surface area contributed by atoms with Crippen molar-refractivity contribution in [2.45, 2.75) is 32.2 Å². The zero-order chi connectivity index (χ0) is 11.7. The van der Waals surface area contributed by atoms with E-state index < -0.39 is 0 Å². The van der Waals surface area contributed by atoms with E-state index in [-0.39, 0.29) is 24.8 Å². The summed E-state index contributed by atoms with van der Waals surface area (Å²) in [6, 6.07) is 2.75. The molecule has 3 fully saturated rings. The van der Waals surface area contributed by atoms with Gasteiger partial charge in [-0.15, -0.1) is 24.8 Å². The number of halogens is 2. The minimum Gasteiger partial charge on any atom is -0.492 e. The molecule has 1 aromatic heterocycles. The molecule has 0 amide bonds. The van der Waals surface area contributed by atoms with Gasteiger partial charge in [-0.1, -0.05) is 0 Å². The molecule has 0 aromatic carbocycles. The monoisotopic (exact) mass is 304 g/mol. The van der Waals surface area contributed by atoms with E-state index in [4.69, 9.17) is 4.74 Å². The Morgan fingerprint density at radius 3 is 2.58 bits per heavy atom. The molecule has 2 bridgehead atoms. The molecular formula is C14H22Cl2N2O. The number of piperidine rings is 3. The van der Waals surface area contributed by atoms with E-state index in [9.17, 15) is 0 Å². The average molecular weight is 305 g/mol. The molecule has 3 aliphatic rings. The summed E-state index contributed by atoms with van der Waals surface area (Å²) >= 11 is 0. The van der Waals surface area contributed by atoms with Gasteiger partial charge in [-0.3, -0.25) is 9.88 Å². The lowest BCUT2D eigenvalue weighted by molar-refractivity contribution is 0.0487. The SMILES string of the molecule is CCOc1cncc(C2CC3CCN2CC3)c1.Cl.Cl. The minimum absolute atomic E-state index is 0. The maximum Gasteiger partial charge on any atom is 0.137 e. The molecule has 0 saturated carbocycles. The second kappa shape index (κ2) is 7.32. The fourth-order valence-corrected chi connectivity index (χ4v) is 3.18. The van der Waals surface area contributed by atoms with Crippen molar-refractivity contribution in [3.05, 3.63) is 24.0 Å². The Morgan fingerprint density at radius 1 is 1.26 bits per heavy atom. The van der Waals surface area contributed by atoms with E-state index in [1.165, 1.54) is 37.9 Å². The first kappa shape index (κ1) is 16.5. The van der Waals surface area contributed by atoms with E-state index in [0.717, 1.165) is 11.7 Å². The van der Waals surface area contributed by atoms with Gasteiger partial charge in [-0.25, -0.2) is 0 Å². The minimum atomic E-state index is 0. The molecule has 108 valence electrons. The highest BCUT2D eigenvalue weighted by Gasteiger charge is 2.34. The predicted octanol–water partition coefficient (Wildman–Crippen LogP) is 3.48. The number of hydrogen-bond donors (Lipinski definition) is 0. The van der Waals surface area contributed by atoms with Crippen LogP contribution in [0.25, 0.3) is 0 Å². The third-order valence-corrected chi connectivity index (χ3v) is 4.08. The molecule has 3 aliphatic heterocycles. The molecule has 19 heavy (non-hydrogen) atoms. The quantitative estimate of drug-likeness (QED) is 0.855. The van der Waals surface area contributed by atoms with Crippen LogP contribution in [0.1, 0.15) is 37.8 Å². The molecule has 0 N–H and O–H groups in total. The number of pyridine rings is 1. The van der Waals surface area contributed by atoms with Crippen molar-refractivity contribution in [2.24, 2.45) is 5.92 Å². The normalized spacial score (nSPS) is 28.2. The summed E-state index contributed by atoms with van der Waals surface area (Å²) in [5.74, 6) is 1.84. The van der Waals surface area contributed by atoms with Crippen molar-refractivity contribution in [1.29, 1.82) is 0 Å². The molecule has 0 spiro atoms. The van der Waals surface area contributed by atoms with Crippen LogP contribution in [0.5, 0.6) is 5.75 Å². The Balaban J connectivity index is 0.000000902. The lowest BCUT2D eigenvalue weighted by atomic mass is 9.81. The third kappa shape index (κ3) is 3.53. The number of aromatic nitrogens is 1. The third-order valence-electron chi connectivity index (χ3n) is 4.08. The van der Waals surface area contributed by atoms with E-state index in [1.54, 1.807) is 0 Å². The molecule has 0 aliphatic carbocycles. The zero-order valence-corrected chi connectivity index (χ0v) is 12.9. The van der Waals surface area contributed by atoms with Gasteiger partial charge < -0.3 is 4.74 Å². The smallest absolute Gasteiger partial charge is 0.137 e. The summed E-state index contributed by atoms with van der Waals surface area (Å²) in [6.07, 6.45) is 7.89. The predicted molar refractivity (Wildman–Crippen MR) is 81.6 cm³/mol. The van der Waals surface area contributed by atoms with Crippen molar-refractivity contribution >= 4 is 24.8 Å². The average Bonchev–Trinajstić information content (AvgIpc) is 2.41. The fourth-order valence-electron chi connectivity index (χ4n) is 3.18. The second-order valence-electron chi connectivity index (χ2n) is 5.12. The van der Waals surface area contributed by atoms with Crippen molar-refractivity contribution in [3.8, 4) is 5.75 Å². The van der Waals surface area contributed by atoms with Crippen molar-refractivity contribution < 1.29 is 4.74 Å². The Kier molecular flexibility index (Phi) is 6.37. The largest absolute Gasteiger partial charge is 0.492 e. The number of hydrogen-bond acceptors (Lipinski definition) is 3. The van der Waals surface area contributed by atoms with E-state index in [2.05, 4.69) is 16.0 Å². The molecule has 5 heteroatoms. The topological polar surface area (TPSA) is 25.4 Å². The highest BCUT2D eigenvalue weighted by atomic mass is 35.5. The Bertz CT molecular complexity index is 395. The number of rotatable bonds is 3. The summed E-state index contributed by atoms with van der Waals surface area (Å²) in [5.41, 5.74) is 1.33. The zero-order valence-electron chi connectivity index (χ0n) is 11.2. The first-order chi connectivity index (χ1) is 8.36. The van der Waals surface area contributed by atoms with Crippen LogP contribution in [0.3, 0.4) is 0 Å². The Morgan fingerprint density at radius 2 is 2.00 bits per heavy atom. The van der Waals surface area contributed by atoms with Gasteiger partial charge in [0.15, 0.2) is 0 Å². The van der Waals surface area contributed by atoms with Gasteiger partial charge in [0.05, 0.1) is 12.8 Å². The highest BCUT2D eigenvalue weighted by Crippen LogP contribution is 2.40. The maximum absolute atomic E-state index is 5.54. The maximum atomic E-state index is 5.54. The molecule has 1 aromatic rings. The van der Waals surface area contributed by atoms with Crippen LogP contribution in [0.4, 0.5) is 0 Å². The molecular weight excluding hydrogens is 283 g/mol. The van der Waals surface area contributed by atoms with Crippen LogP contribution in [0.2, 0.25) is 0 Å². The number of nitrogens with zero attached hydrogens (tertiary/aromatic N) is 2. The summed E-state index contributed by atoms with van der Waals surface area (Å²) in [7, 11) is 0. The molecule has 1 atom stereocenters. The van der Waals surface area contributed by atoms with Crippen LogP contribution in [0.15, 0.2) is 18.5 Å². The number of fused-ring (bicyclic) bond motifs is 3. The Hall–Kier alpha value is -0.510. The van der Waals surface area contributed by atoms with Crippen LogP contribution in [-0.2, 0) is 0 Å². The standard InChI is InChI=1S/C14H20N2O.2ClH/c1-2-17-13-8-12(9-15-10-13)14-7-11-3-5-16(14)6-4-11;;/h8-11,14H,2-7H2,1H3;2*1H. The molecule has 1 unspecified atom stereocenters. The molecule has 3 saturated heterocycles. The van der Waals surface area contributed by atoms with Crippen molar-refractivity contribution in [3.63, 3.8) is 0 Å². The Labute approximate surface area is 127 Å². The molecule has 3 nitrogen and oxygen atoms in total. The summed E-state index contributed by atoms with van der Waals surface area (Å²) in [6.45, 7) is 5.24. The van der Waals surface area contributed by atoms with Gasteiger partial charge in [0.2, 0.25) is 0 Å². The van der Waals surface area contributed by atoms with Gasteiger partial charge in [-0.05, 0) is 56.8 Å². The summed E-state index contributed by atoms with van der Waals surface area (Å²) in [5, 5.41) is 0. The summed E-state index contributed by atoms with van der Waals surface area (Å²) < 4.78 is 5.54. The van der Waals surface area contributed by atoms with Gasteiger partial charge in [0.1, 0.15) is 5.75 Å². The molecule has 0 radical (unpaired) electrons. The molecule has 4 heterocycles.